The maximum absolute atomic E-state index is 5.24. The van der Waals surface area contributed by atoms with Crippen LogP contribution in [0, 0.1) is 12.3 Å². The van der Waals surface area contributed by atoms with Gasteiger partial charge in [0.15, 0.2) is 0 Å². The number of imidazole rings is 1. The molecule has 0 amide bonds. The average Bonchev–Trinajstić information content (AvgIpc) is 2.75. The number of rotatable bonds is 1. The number of terminal acetylenes is 1. The highest BCUT2D eigenvalue weighted by molar-refractivity contribution is 5.23. The topological polar surface area (TPSA) is 37.9 Å². The van der Waals surface area contributed by atoms with Crippen molar-refractivity contribution in [2.75, 3.05) is 13.2 Å². The quantitative estimate of drug-likeness (QED) is 0.623. The van der Waals surface area contributed by atoms with Crippen molar-refractivity contribution in [1.29, 1.82) is 0 Å². The molecule has 0 radical (unpaired) electrons. The zero-order valence-corrected chi connectivity index (χ0v) is 6.71. The van der Waals surface area contributed by atoms with Gasteiger partial charge < -0.3 is 9.72 Å². The van der Waals surface area contributed by atoms with Crippen molar-refractivity contribution >= 4 is 0 Å². The van der Waals surface area contributed by atoms with Crippen LogP contribution >= 0.6 is 0 Å². The average molecular weight is 162 g/mol. The molecule has 1 aliphatic rings. The highest BCUT2D eigenvalue weighted by Crippen LogP contribution is 2.21. The Balaban J connectivity index is 2.17. The van der Waals surface area contributed by atoms with Gasteiger partial charge >= 0.3 is 0 Å². The molecule has 1 aromatic rings. The molecule has 2 heterocycles. The summed E-state index contributed by atoms with van der Waals surface area (Å²) in [5, 5.41) is 0. The Bertz CT molecular complexity index is 305. The van der Waals surface area contributed by atoms with Gasteiger partial charge in [-0.2, -0.15) is 0 Å². The van der Waals surface area contributed by atoms with E-state index in [1.807, 2.05) is 0 Å². The van der Waals surface area contributed by atoms with Crippen LogP contribution in [0.4, 0.5) is 0 Å². The highest BCUT2D eigenvalue weighted by Gasteiger charge is 2.19. The second-order valence-corrected chi connectivity index (χ2v) is 2.89. The normalized spacial score (nSPS) is 22.4. The van der Waals surface area contributed by atoms with Gasteiger partial charge in [-0.05, 0) is 6.42 Å². The third kappa shape index (κ3) is 1.21. The molecule has 1 N–H and O–H groups in total. The van der Waals surface area contributed by atoms with Crippen molar-refractivity contribution in [3.05, 3.63) is 17.7 Å². The van der Waals surface area contributed by atoms with Crippen LogP contribution in [0.1, 0.15) is 23.9 Å². The molecular formula is C9H10N2O. The summed E-state index contributed by atoms with van der Waals surface area (Å²) in [6.45, 7) is 1.59. The van der Waals surface area contributed by atoms with Crippen LogP contribution in [-0.2, 0) is 4.74 Å². The molecule has 1 fully saturated rings. The van der Waals surface area contributed by atoms with Gasteiger partial charge in [0.2, 0.25) is 0 Å². The predicted octanol–water partition coefficient (Wildman–Crippen LogP) is 0.895. The number of aromatic amines is 1. The molecule has 1 unspecified atom stereocenters. The molecule has 1 saturated heterocycles. The van der Waals surface area contributed by atoms with E-state index in [9.17, 15) is 0 Å². The molecule has 12 heavy (non-hydrogen) atoms. The molecule has 3 nitrogen and oxygen atoms in total. The zero-order chi connectivity index (χ0) is 8.39. The minimum absolute atomic E-state index is 0.409. The second kappa shape index (κ2) is 3.00. The standard InChI is InChI=1S/C9H10N2O/c1-2-8-5-10-9(11-8)7-3-4-12-6-7/h1,5,7H,3-4,6H2,(H,10,11). The van der Waals surface area contributed by atoms with Crippen LogP contribution in [0.2, 0.25) is 0 Å². The number of hydrogen-bond acceptors (Lipinski definition) is 2. The van der Waals surface area contributed by atoms with Gasteiger partial charge in [-0.25, -0.2) is 4.98 Å². The number of aromatic nitrogens is 2. The molecule has 3 heteroatoms. The summed E-state index contributed by atoms with van der Waals surface area (Å²) in [4.78, 5) is 7.27. The van der Waals surface area contributed by atoms with E-state index >= 15 is 0 Å². The van der Waals surface area contributed by atoms with E-state index in [0.717, 1.165) is 31.2 Å². The van der Waals surface area contributed by atoms with Crippen molar-refractivity contribution < 1.29 is 4.74 Å². The maximum Gasteiger partial charge on any atom is 0.112 e. The van der Waals surface area contributed by atoms with Gasteiger partial charge in [-0.1, -0.05) is 5.92 Å². The molecule has 0 aromatic carbocycles. The number of ether oxygens (including phenoxy) is 1. The SMILES string of the molecule is C#Cc1cnc(C2CCOC2)[nH]1. The Morgan fingerprint density at radius 1 is 1.75 bits per heavy atom. The Labute approximate surface area is 71.2 Å². The molecule has 2 rings (SSSR count). The van der Waals surface area contributed by atoms with Crippen molar-refractivity contribution in [2.24, 2.45) is 0 Å². The molecule has 0 aliphatic carbocycles. The number of H-pyrrole nitrogens is 1. The lowest BCUT2D eigenvalue weighted by Crippen LogP contribution is -1.99. The van der Waals surface area contributed by atoms with Gasteiger partial charge in [-0.3, -0.25) is 0 Å². The summed E-state index contributed by atoms with van der Waals surface area (Å²) in [6.07, 6.45) is 7.94. The first-order valence-corrected chi connectivity index (χ1v) is 3.99. The van der Waals surface area contributed by atoms with Crippen molar-refractivity contribution in [1.82, 2.24) is 9.97 Å². The fraction of sp³-hybridized carbons (Fsp3) is 0.444. The lowest BCUT2D eigenvalue weighted by molar-refractivity contribution is 0.193. The molecule has 1 aromatic heterocycles. The molecule has 1 aliphatic heterocycles. The first-order chi connectivity index (χ1) is 5.90. The van der Waals surface area contributed by atoms with Crippen LogP contribution < -0.4 is 0 Å². The lowest BCUT2D eigenvalue weighted by Gasteiger charge is -2.00. The summed E-state index contributed by atoms with van der Waals surface area (Å²) >= 11 is 0. The first-order valence-electron chi connectivity index (χ1n) is 3.99. The van der Waals surface area contributed by atoms with E-state index in [-0.39, 0.29) is 0 Å². The summed E-state index contributed by atoms with van der Waals surface area (Å²) in [5.41, 5.74) is 0.747. The Hall–Kier alpha value is -1.27. The van der Waals surface area contributed by atoms with E-state index in [2.05, 4.69) is 15.9 Å². The van der Waals surface area contributed by atoms with Crippen LogP contribution in [-0.4, -0.2) is 23.2 Å². The molecule has 0 saturated carbocycles. The molecule has 1 atom stereocenters. The Morgan fingerprint density at radius 3 is 3.25 bits per heavy atom. The van der Waals surface area contributed by atoms with Gasteiger partial charge in [0.05, 0.1) is 12.8 Å². The van der Waals surface area contributed by atoms with E-state index < -0.39 is 0 Å². The van der Waals surface area contributed by atoms with Crippen LogP contribution in [0.25, 0.3) is 0 Å². The van der Waals surface area contributed by atoms with Crippen molar-refractivity contribution in [2.45, 2.75) is 12.3 Å². The van der Waals surface area contributed by atoms with E-state index in [4.69, 9.17) is 11.2 Å². The molecule has 0 bridgehead atoms. The monoisotopic (exact) mass is 162 g/mol. The van der Waals surface area contributed by atoms with E-state index in [1.54, 1.807) is 6.20 Å². The van der Waals surface area contributed by atoms with Gasteiger partial charge in [0.1, 0.15) is 11.5 Å². The van der Waals surface area contributed by atoms with Gasteiger partial charge in [0, 0.05) is 12.5 Å². The van der Waals surface area contributed by atoms with Gasteiger partial charge in [-0.15, -0.1) is 6.42 Å². The summed E-state index contributed by atoms with van der Waals surface area (Å²) in [6, 6.07) is 0. The molecule has 0 spiro atoms. The highest BCUT2D eigenvalue weighted by atomic mass is 16.5. The zero-order valence-electron chi connectivity index (χ0n) is 6.71. The fourth-order valence-corrected chi connectivity index (χ4v) is 1.37. The number of nitrogens with one attached hydrogen (secondary N) is 1. The smallest absolute Gasteiger partial charge is 0.112 e. The second-order valence-electron chi connectivity index (χ2n) is 2.89. The van der Waals surface area contributed by atoms with Crippen molar-refractivity contribution in [3.63, 3.8) is 0 Å². The van der Waals surface area contributed by atoms with Crippen LogP contribution in [0.15, 0.2) is 6.20 Å². The Kier molecular flexibility index (Phi) is 1.84. The summed E-state index contributed by atoms with van der Waals surface area (Å²) < 4.78 is 5.24. The van der Waals surface area contributed by atoms with Crippen LogP contribution in [0.3, 0.4) is 0 Å². The van der Waals surface area contributed by atoms with Crippen molar-refractivity contribution in [3.8, 4) is 12.3 Å². The van der Waals surface area contributed by atoms with E-state index in [1.165, 1.54) is 0 Å². The fourth-order valence-electron chi connectivity index (χ4n) is 1.37. The third-order valence-electron chi connectivity index (χ3n) is 2.07. The van der Waals surface area contributed by atoms with Crippen LogP contribution in [0.5, 0.6) is 0 Å². The van der Waals surface area contributed by atoms with Gasteiger partial charge in [0.25, 0.3) is 0 Å². The maximum atomic E-state index is 5.24. The first kappa shape index (κ1) is 7.38. The Morgan fingerprint density at radius 2 is 2.67 bits per heavy atom. The number of nitrogens with zero attached hydrogens (tertiary/aromatic N) is 1. The number of hydrogen-bond donors (Lipinski definition) is 1. The largest absolute Gasteiger partial charge is 0.381 e. The minimum Gasteiger partial charge on any atom is -0.381 e. The third-order valence-corrected chi connectivity index (χ3v) is 2.07. The van der Waals surface area contributed by atoms with E-state index in [0.29, 0.717) is 5.92 Å². The molecule has 62 valence electrons. The summed E-state index contributed by atoms with van der Waals surface area (Å²) in [7, 11) is 0. The minimum atomic E-state index is 0.409. The molecular weight excluding hydrogens is 152 g/mol. The summed E-state index contributed by atoms with van der Waals surface area (Å²) in [5.74, 6) is 3.88. The predicted molar refractivity (Wildman–Crippen MR) is 44.7 cm³/mol. The lowest BCUT2D eigenvalue weighted by atomic mass is 10.1.